The van der Waals surface area contributed by atoms with Gasteiger partial charge in [0.05, 0.1) is 6.10 Å². The predicted molar refractivity (Wildman–Crippen MR) is 76.7 cm³/mol. The number of nitrogens with one attached hydrogen (secondary N) is 1. The molecule has 18 heavy (non-hydrogen) atoms. The molecule has 2 unspecified atom stereocenters. The van der Waals surface area contributed by atoms with Crippen LogP contribution in [-0.4, -0.2) is 31.8 Å². The standard InChI is InChI=1S/C15H26N2O/c1-4-15(12-16,17-11-13(2)18-3)10-14-8-6-5-7-9-14/h5-9,13,17H,4,10-12,16H2,1-3H3. The van der Waals surface area contributed by atoms with Gasteiger partial charge in [0.2, 0.25) is 0 Å². The Hall–Kier alpha value is -0.900. The number of benzene rings is 1. The van der Waals surface area contributed by atoms with Crippen molar-refractivity contribution in [3.63, 3.8) is 0 Å². The normalized spacial score (nSPS) is 16.2. The molecule has 1 rings (SSSR count). The molecule has 3 heteroatoms. The van der Waals surface area contributed by atoms with Gasteiger partial charge < -0.3 is 15.8 Å². The van der Waals surface area contributed by atoms with Crippen LogP contribution in [0.3, 0.4) is 0 Å². The summed E-state index contributed by atoms with van der Waals surface area (Å²) in [4.78, 5) is 0. The van der Waals surface area contributed by atoms with E-state index in [1.807, 2.05) is 6.07 Å². The smallest absolute Gasteiger partial charge is 0.0667 e. The molecule has 1 aromatic carbocycles. The van der Waals surface area contributed by atoms with Crippen molar-refractivity contribution < 1.29 is 4.74 Å². The molecule has 2 atom stereocenters. The van der Waals surface area contributed by atoms with Crippen molar-refractivity contribution in [2.24, 2.45) is 5.73 Å². The molecular weight excluding hydrogens is 224 g/mol. The molecule has 0 aliphatic carbocycles. The molecule has 1 aromatic rings. The van der Waals surface area contributed by atoms with Gasteiger partial charge in [0.25, 0.3) is 0 Å². The third-order valence-corrected chi connectivity index (χ3v) is 3.62. The lowest BCUT2D eigenvalue weighted by Crippen LogP contribution is -2.54. The van der Waals surface area contributed by atoms with E-state index >= 15 is 0 Å². The van der Waals surface area contributed by atoms with Crippen LogP contribution in [0.5, 0.6) is 0 Å². The van der Waals surface area contributed by atoms with Gasteiger partial charge >= 0.3 is 0 Å². The summed E-state index contributed by atoms with van der Waals surface area (Å²) in [6.07, 6.45) is 2.17. The van der Waals surface area contributed by atoms with Crippen LogP contribution in [0.25, 0.3) is 0 Å². The van der Waals surface area contributed by atoms with Gasteiger partial charge in [-0.05, 0) is 25.3 Å². The molecule has 0 bridgehead atoms. The van der Waals surface area contributed by atoms with Crippen LogP contribution < -0.4 is 11.1 Å². The van der Waals surface area contributed by atoms with Gasteiger partial charge in [0.1, 0.15) is 0 Å². The highest BCUT2D eigenvalue weighted by atomic mass is 16.5. The molecule has 0 saturated heterocycles. The number of ether oxygens (including phenoxy) is 1. The van der Waals surface area contributed by atoms with Gasteiger partial charge in [-0.3, -0.25) is 0 Å². The summed E-state index contributed by atoms with van der Waals surface area (Å²) in [5.41, 5.74) is 7.28. The fraction of sp³-hybridized carbons (Fsp3) is 0.600. The van der Waals surface area contributed by atoms with E-state index in [9.17, 15) is 0 Å². The second kappa shape index (κ2) is 7.52. The number of hydrogen-bond donors (Lipinski definition) is 2. The summed E-state index contributed by atoms with van der Waals surface area (Å²) in [7, 11) is 1.74. The Balaban J connectivity index is 2.67. The molecule has 0 heterocycles. The molecule has 3 N–H and O–H groups in total. The van der Waals surface area contributed by atoms with Crippen LogP contribution in [0.1, 0.15) is 25.8 Å². The first-order chi connectivity index (χ1) is 8.65. The summed E-state index contributed by atoms with van der Waals surface area (Å²) < 4.78 is 5.28. The average Bonchev–Trinajstić information content (AvgIpc) is 2.44. The zero-order valence-corrected chi connectivity index (χ0v) is 11.8. The van der Waals surface area contributed by atoms with Crippen molar-refractivity contribution >= 4 is 0 Å². The third-order valence-electron chi connectivity index (χ3n) is 3.62. The molecule has 102 valence electrons. The van der Waals surface area contributed by atoms with E-state index in [1.54, 1.807) is 7.11 Å². The maximum Gasteiger partial charge on any atom is 0.0667 e. The van der Waals surface area contributed by atoms with Gasteiger partial charge in [0, 0.05) is 25.7 Å². The van der Waals surface area contributed by atoms with Crippen molar-refractivity contribution in [1.82, 2.24) is 5.32 Å². The SMILES string of the molecule is CCC(CN)(Cc1ccccc1)NCC(C)OC. The lowest BCUT2D eigenvalue weighted by atomic mass is 9.88. The summed E-state index contributed by atoms with van der Waals surface area (Å²) >= 11 is 0. The van der Waals surface area contributed by atoms with Gasteiger partial charge in [-0.25, -0.2) is 0 Å². The van der Waals surface area contributed by atoms with Crippen LogP contribution in [0.15, 0.2) is 30.3 Å². The highest BCUT2D eigenvalue weighted by molar-refractivity contribution is 5.18. The fourth-order valence-corrected chi connectivity index (χ4v) is 2.03. The topological polar surface area (TPSA) is 47.3 Å². The molecule has 0 aromatic heterocycles. The first-order valence-electron chi connectivity index (χ1n) is 6.67. The molecule has 0 amide bonds. The highest BCUT2D eigenvalue weighted by Crippen LogP contribution is 2.16. The molecule has 0 spiro atoms. The van der Waals surface area contributed by atoms with Gasteiger partial charge in [-0.2, -0.15) is 0 Å². The Morgan fingerprint density at radius 3 is 2.50 bits per heavy atom. The largest absolute Gasteiger partial charge is 0.380 e. The van der Waals surface area contributed by atoms with E-state index in [0.29, 0.717) is 6.54 Å². The van der Waals surface area contributed by atoms with E-state index < -0.39 is 0 Å². The van der Waals surface area contributed by atoms with Crippen LogP contribution in [0, 0.1) is 0 Å². The van der Waals surface area contributed by atoms with Crippen LogP contribution >= 0.6 is 0 Å². The van der Waals surface area contributed by atoms with Crippen molar-refractivity contribution in [2.75, 3.05) is 20.2 Å². The third kappa shape index (κ3) is 4.41. The minimum Gasteiger partial charge on any atom is -0.380 e. The highest BCUT2D eigenvalue weighted by Gasteiger charge is 2.26. The van der Waals surface area contributed by atoms with Crippen molar-refractivity contribution in [3.8, 4) is 0 Å². The predicted octanol–water partition coefficient (Wildman–Crippen LogP) is 1.96. The Bertz CT molecular complexity index is 323. The number of rotatable bonds is 8. The average molecular weight is 250 g/mol. The van der Waals surface area contributed by atoms with E-state index in [1.165, 1.54) is 5.56 Å². The first kappa shape index (κ1) is 15.2. The number of hydrogen-bond acceptors (Lipinski definition) is 3. The Morgan fingerprint density at radius 2 is 2.00 bits per heavy atom. The van der Waals surface area contributed by atoms with E-state index in [4.69, 9.17) is 10.5 Å². The van der Waals surface area contributed by atoms with Crippen molar-refractivity contribution in [3.05, 3.63) is 35.9 Å². The Morgan fingerprint density at radius 1 is 1.33 bits per heavy atom. The molecular formula is C15H26N2O. The quantitative estimate of drug-likeness (QED) is 0.741. The van der Waals surface area contributed by atoms with Gasteiger partial charge in [-0.15, -0.1) is 0 Å². The summed E-state index contributed by atoms with van der Waals surface area (Å²) in [6, 6.07) is 10.5. The zero-order valence-electron chi connectivity index (χ0n) is 11.8. The van der Waals surface area contributed by atoms with Gasteiger partial charge in [0.15, 0.2) is 0 Å². The number of nitrogens with two attached hydrogens (primary N) is 1. The number of methoxy groups -OCH3 is 1. The monoisotopic (exact) mass is 250 g/mol. The lowest BCUT2D eigenvalue weighted by molar-refractivity contribution is 0.106. The fourth-order valence-electron chi connectivity index (χ4n) is 2.03. The molecule has 0 fully saturated rings. The van der Waals surface area contributed by atoms with E-state index in [-0.39, 0.29) is 11.6 Å². The van der Waals surface area contributed by atoms with Crippen molar-refractivity contribution in [1.29, 1.82) is 0 Å². The molecule has 3 nitrogen and oxygen atoms in total. The lowest BCUT2D eigenvalue weighted by Gasteiger charge is -2.34. The van der Waals surface area contributed by atoms with Crippen LogP contribution in [0.2, 0.25) is 0 Å². The molecule has 0 saturated carbocycles. The van der Waals surface area contributed by atoms with E-state index in [2.05, 4.69) is 43.4 Å². The summed E-state index contributed by atoms with van der Waals surface area (Å²) in [5.74, 6) is 0. The molecule has 0 aliphatic heterocycles. The first-order valence-corrected chi connectivity index (χ1v) is 6.67. The summed E-state index contributed by atoms with van der Waals surface area (Å²) in [5, 5.41) is 3.58. The second-order valence-electron chi connectivity index (χ2n) is 4.93. The van der Waals surface area contributed by atoms with Crippen molar-refractivity contribution in [2.45, 2.75) is 38.3 Å². The zero-order chi connectivity index (χ0) is 13.4. The van der Waals surface area contributed by atoms with Crippen LogP contribution in [0.4, 0.5) is 0 Å². The van der Waals surface area contributed by atoms with Crippen LogP contribution in [-0.2, 0) is 11.2 Å². The van der Waals surface area contributed by atoms with E-state index in [0.717, 1.165) is 19.4 Å². The second-order valence-corrected chi connectivity index (χ2v) is 4.93. The van der Waals surface area contributed by atoms with Gasteiger partial charge in [-0.1, -0.05) is 37.3 Å². The molecule has 0 radical (unpaired) electrons. The maximum atomic E-state index is 5.99. The Labute approximate surface area is 111 Å². The summed E-state index contributed by atoms with van der Waals surface area (Å²) in [6.45, 7) is 5.70. The minimum absolute atomic E-state index is 0.0336. The molecule has 0 aliphatic rings. The Kier molecular flexibility index (Phi) is 6.33. The maximum absolute atomic E-state index is 5.99. The minimum atomic E-state index is -0.0336.